The Balaban J connectivity index is 1.34. The van der Waals surface area contributed by atoms with Gasteiger partial charge in [-0.2, -0.15) is 0 Å². The molecule has 6 heteroatoms. The average molecular weight is 372 g/mol. The lowest BCUT2D eigenvalue weighted by molar-refractivity contribution is 0.697. The van der Waals surface area contributed by atoms with Crippen molar-refractivity contribution >= 4 is 11.5 Å². The molecule has 0 amide bonds. The largest absolute Gasteiger partial charge is 0.370 e. The molecule has 0 saturated heterocycles. The third kappa shape index (κ3) is 3.31. The third-order valence-electron chi connectivity index (χ3n) is 5.51. The first-order valence-corrected chi connectivity index (χ1v) is 9.96. The van der Waals surface area contributed by atoms with Gasteiger partial charge in [-0.05, 0) is 36.6 Å². The summed E-state index contributed by atoms with van der Waals surface area (Å²) in [7, 11) is 0. The molecule has 5 rings (SSSR count). The zero-order valence-corrected chi connectivity index (χ0v) is 15.9. The van der Waals surface area contributed by atoms with Crippen LogP contribution in [0.2, 0.25) is 0 Å². The van der Waals surface area contributed by atoms with Gasteiger partial charge in [-0.15, -0.1) is 0 Å². The number of anilines is 2. The summed E-state index contributed by atoms with van der Waals surface area (Å²) in [6, 6.07) is 12.7. The van der Waals surface area contributed by atoms with E-state index in [0.29, 0.717) is 0 Å². The molecule has 0 spiro atoms. The van der Waals surface area contributed by atoms with Gasteiger partial charge in [0, 0.05) is 61.9 Å². The Labute approximate surface area is 165 Å². The lowest BCUT2D eigenvalue weighted by atomic mass is 10.0. The van der Waals surface area contributed by atoms with Crippen LogP contribution in [0.3, 0.4) is 0 Å². The molecule has 1 aromatic carbocycles. The van der Waals surface area contributed by atoms with E-state index in [0.717, 1.165) is 55.6 Å². The molecule has 0 fully saturated rings. The van der Waals surface area contributed by atoms with E-state index in [-0.39, 0.29) is 0 Å². The molecule has 3 aromatic rings. The van der Waals surface area contributed by atoms with Gasteiger partial charge in [0.25, 0.3) is 0 Å². The Hall–Kier alpha value is -2.99. The molecule has 0 unspecified atom stereocenters. The van der Waals surface area contributed by atoms with Gasteiger partial charge in [-0.25, -0.2) is 9.97 Å². The summed E-state index contributed by atoms with van der Waals surface area (Å²) in [5, 5.41) is 6.98. The van der Waals surface area contributed by atoms with Crippen molar-refractivity contribution in [1.82, 2.24) is 20.3 Å². The maximum Gasteiger partial charge on any atom is 0.161 e. The molecule has 142 valence electrons. The van der Waals surface area contributed by atoms with Crippen molar-refractivity contribution in [3.63, 3.8) is 0 Å². The number of rotatable bonds is 5. The number of benzene rings is 1. The SMILES string of the molecule is c1ccc2c(c1)CCCN2CCNc1nc(-c2ccncc2)nc2c1CNC2. The molecular weight excluding hydrogens is 348 g/mol. The highest BCUT2D eigenvalue weighted by Gasteiger charge is 2.20. The molecule has 2 aliphatic heterocycles. The Bertz CT molecular complexity index is 972. The third-order valence-corrected chi connectivity index (χ3v) is 5.51. The molecule has 0 aliphatic carbocycles. The van der Waals surface area contributed by atoms with Gasteiger partial charge in [0.05, 0.1) is 5.69 Å². The molecular formula is C22H24N6. The minimum atomic E-state index is 0.760. The molecule has 2 aliphatic rings. The number of aryl methyl sites for hydroxylation is 1. The fourth-order valence-corrected chi connectivity index (χ4v) is 4.10. The molecule has 0 bridgehead atoms. The van der Waals surface area contributed by atoms with E-state index < -0.39 is 0 Å². The first-order valence-electron chi connectivity index (χ1n) is 9.96. The second kappa shape index (κ2) is 7.56. The average Bonchev–Trinajstić information content (AvgIpc) is 3.23. The molecule has 2 N–H and O–H groups in total. The summed E-state index contributed by atoms with van der Waals surface area (Å²) in [4.78, 5) is 16.2. The van der Waals surface area contributed by atoms with E-state index in [4.69, 9.17) is 9.97 Å². The van der Waals surface area contributed by atoms with Crippen molar-refractivity contribution in [3.8, 4) is 11.4 Å². The van der Waals surface area contributed by atoms with E-state index in [9.17, 15) is 0 Å². The van der Waals surface area contributed by atoms with E-state index >= 15 is 0 Å². The van der Waals surface area contributed by atoms with E-state index in [2.05, 4.69) is 44.8 Å². The summed E-state index contributed by atoms with van der Waals surface area (Å²) in [5.41, 5.74) is 6.12. The van der Waals surface area contributed by atoms with Gasteiger partial charge in [-0.3, -0.25) is 4.98 Å². The van der Waals surface area contributed by atoms with Gasteiger partial charge >= 0.3 is 0 Å². The number of aromatic nitrogens is 3. The number of para-hydroxylation sites is 1. The van der Waals surface area contributed by atoms with Crippen LogP contribution in [0.5, 0.6) is 0 Å². The molecule has 4 heterocycles. The number of fused-ring (bicyclic) bond motifs is 2. The van der Waals surface area contributed by atoms with Crippen molar-refractivity contribution in [2.45, 2.75) is 25.9 Å². The summed E-state index contributed by atoms with van der Waals surface area (Å²) in [6.07, 6.45) is 5.96. The second-order valence-corrected chi connectivity index (χ2v) is 7.31. The first-order chi connectivity index (χ1) is 13.9. The van der Waals surface area contributed by atoms with E-state index in [1.165, 1.54) is 29.7 Å². The van der Waals surface area contributed by atoms with Gasteiger partial charge in [-0.1, -0.05) is 18.2 Å². The lowest BCUT2D eigenvalue weighted by Gasteiger charge is -2.31. The fraction of sp³-hybridized carbons (Fsp3) is 0.318. The zero-order valence-electron chi connectivity index (χ0n) is 15.9. The maximum absolute atomic E-state index is 4.83. The van der Waals surface area contributed by atoms with Gasteiger partial charge in [0.2, 0.25) is 0 Å². The summed E-state index contributed by atoms with van der Waals surface area (Å²) in [5.74, 6) is 1.71. The number of pyridine rings is 1. The van der Waals surface area contributed by atoms with E-state index in [1.54, 1.807) is 12.4 Å². The van der Waals surface area contributed by atoms with Crippen molar-refractivity contribution < 1.29 is 0 Å². The van der Waals surface area contributed by atoms with E-state index in [1.807, 2.05) is 12.1 Å². The molecule has 2 aromatic heterocycles. The fourth-order valence-electron chi connectivity index (χ4n) is 4.10. The Morgan fingerprint density at radius 3 is 2.86 bits per heavy atom. The number of hydrogen-bond donors (Lipinski definition) is 2. The van der Waals surface area contributed by atoms with Crippen LogP contribution < -0.4 is 15.5 Å². The minimum absolute atomic E-state index is 0.760. The van der Waals surface area contributed by atoms with Crippen LogP contribution in [0, 0.1) is 0 Å². The van der Waals surface area contributed by atoms with Gasteiger partial charge in [0.1, 0.15) is 5.82 Å². The van der Waals surface area contributed by atoms with Crippen LogP contribution in [0.25, 0.3) is 11.4 Å². The van der Waals surface area contributed by atoms with Crippen LogP contribution in [0.1, 0.15) is 23.2 Å². The van der Waals surface area contributed by atoms with Gasteiger partial charge < -0.3 is 15.5 Å². The second-order valence-electron chi connectivity index (χ2n) is 7.31. The van der Waals surface area contributed by atoms with Crippen molar-refractivity contribution in [3.05, 3.63) is 65.6 Å². The normalized spacial score (nSPS) is 15.2. The molecule has 0 saturated carbocycles. The van der Waals surface area contributed by atoms with Crippen molar-refractivity contribution in [2.75, 3.05) is 29.9 Å². The predicted molar refractivity (Wildman–Crippen MR) is 111 cm³/mol. The summed E-state index contributed by atoms with van der Waals surface area (Å²) >= 11 is 0. The van der Waals surface area contributed by atoms with Crippen LogP contribution in [-0.4, -0.2) is 34.6 Å². The summed E-state index contributed by atoms with van der Waals surface area (Å²) < 4.78 is 0. The Morgan fingerprint density at radius 2 is 1.93 bits per heavy atom. The van der Waals surface area contributed by atoms with Crippen LogP contribution in [0.15, 0.2) is 48.8 Å². The van der Waals surface area contributed by atoms with Crippen LogP contribution in [-0.2, 0) is 19.5 Å². The monoisotopic (exact) mass is 372 g/mol. The molecule has 28 heavy (non-hydrogen) atoms. The highest BCUT2D eigenvalue weighted by Crippen LogP contribution is 2.27. The highest BCUT2D eigenvalue weighted by atomic mass is 15.2. The van der Waals surface area contributed by atoms with Crippen LogP contribution in [0.4, 0.5) is 11.5 Å². The Kier molecular flexibility index (Phi) is 4.62. The van der Waals surface area contributed by atoms with Crippen molar-refractivity contribution in [2.24, 2.45) is 0 Å². The number of hydrogen-bond acceptors (Lipinski definition) is 6. The quantitative estimate of drug-likeness (QED) is 0.718. The standard InChI is InChI=1S/C22H24N6/c1-2-6-20-16(4-1)5-3-12-28(20)13-11-25-22-18-14-24-15-19(18)26-21(27-22)17-7-9-23-10-8-17/h1-2,4,6-10,24H,3,5,11-15H2,(H,25,26,27). The number of nitrogens with zero attached hydrogens (tertiary/aromatic N) is 4. The van der Waals surface area contributed by atoms with Crippen molar-refractivity contribution in [1.29, 1.82) is 0 Å². The topological polar surface area (TPSA) is 66.0 Å². The van der Waals surface area contributed by atoms with Crippen LogP contribution >= 0.6 is 0 Å². The zero-order chi connectivity index (χ0) is 18.8. The molecule has 0 radical (unpaired) electrons. The summed E-state index contributed by atoms with van der Waals surface area (Å²) in [6.45, 7) is 4.55. The maximum atomic E-state index is 4.83. The smallest absolute Gasteiger partial charge is 0.161 e. The van der Waals surface area contributed by atoms with Gasteiger partial charge in [0.15, 0.2) is 5.82 Å². The molecule has 0 atom stereocenters. The number of nitrogens with one attached hydrogen (secondary N) is 2. The first kappa shape index (κ1) is 17.1. The Morgan fingerprint density at radius 1 is 1.04 bits per heavy atom. The minimum Gasteiger partial charge on any atom is -0.370 e. The predicted octanol–water partition coefficient (Wildman–Crippen LogP) is 3.01. The lowest BCUT2D eigenvalue weighted by Crippen LogP contribution is -2.33. The molecule has 6 nitrogen and oxygen atoms in total. The highest BCUT2D eigenvalue weighted by molar-refractivity contribution is 5.60.